The van der Waals surface area contributed by atoms with E-state index in [4.69, 9.17) is 0 Å². The number of benzene rings is 1. The van der Waals surface area contributed by atoms with Gasteiger partial charge >= 0.3 is 0 Å². The van der Waals surface area contributed by atoms with Crippen molar-refractivity contribution in [3.05, 3.63) is 35.9 Å². The molecule has 12 heavy (non-hydrogen) atoms. The second-order valence-corrected chi connectivity index (χ2v) is 3.39. The van der Waals surface area contributed by atoms with Crippen molar-refractivity contribution in [2.24, 2.45) is 0 Å². The van der Waals surface area contributed by atoms with Gasteiger partial charge in [-0.15, -0.1) is 0 Å². The van der Waals surface area contributed by atoms with E-state index in [9.17, 15) is 8.78 Å². The summed E-state index contributed by atoms with van der Waals surface area (Å²) in [5, 5.41) is 0. The van der Waals surface area contributed by atoms with Crippen LogP contribution in [0.1, 0.15) is 19.4 Å². The van der Waals surface area contributed by atoms with Crippen LogP contribution in [-0.4, -0.2) is 6.43 Å². The Morgan fingerprint density at radius 3 is 2.00 bits per heavy atom. The Bertz CT molecular complexity index is 239. The van der Waals surface area contributed by atoms with Gasteiger partial charge in [0.25, 0.3) is 0 Å². The number of halogens is 2. The zero-order chi connectivity index (χ0) is 9.19. The van der Waals surface area contributed by atoms with Crippen LogP contribution in [0.25, 0.3) is 0 Å². The van der Waals surface area contributed by atoms with Crippen LogP contribution < -0.4 is 0 Å². The summed E-state index contributed by atoms with van der Waals surface area (Å²) in [6.07, 6.45) is -2.32. The van der Waals surface area contributed by atoms with Crippen LogP contribution in [0.2, 0.25) is 0 Å². The standard InChI is InChI=1S/C10H12F2/c1-10(2,9(11)12)8-6-4-3-5-7-8/h3-7,9H,1-2H3. The Hall–Kier alpha value is -0.920. The zero-order valence-corrected chi connectivity index (χ0v) is 7.22. The summed E-state index contributed by atoms with van der Waals surface area (Å²) in [4.78, 5) is 0. The van der Waals surface area contributed by atoms with E-state index in [1.54, 1.807) is 38.1 Å². The van der Waals surface area contributed by atoms with Gasteiger partial charge in [0.15, 0.2) is 0 Å². The van der Waals surface area contributed by atoms with Crippen LogP contribution >= 0.6 is 0 Å². The van der Waals surface area contributed by atoms with E-state index in [-0.39, 0.29) is 0 Å². The van der Waals surface area contributed by atoms with Gasteiger partial charge in [-0.25, -0.2) is 8.78 Å². The van der Waals surface area contributed by atoms with Crippen molar-refractivity contribution in [2.45, 2.75) is 25.7 Å². The molecule has 0 saturated heterocycles. The highest BCUT2D eigenvalue weighted by Gasteiger charge is 2.30. The lowest BCUT2D eigenvalue weighted by Gasteiger charge is -2.23. The Balaban J connectivity index is 2.98. The molecule has 0 bridgehead atoms. The highest BCUT2D eigenvalue weighted by Crippen LogP contribution is 2.29. The van der Waals surface area contributed by atoms with Gasteiger partial charge < -0.3 is 0 Å². The van der Waals surface area contributed by atoms with Crippen LogP contribution in [0.4, 0.5) is 8.78 Å². The monoisotopic (exact) mass is 170 g/mol. The largest absolute Gasteiger partial charge is 0.247 e. The van der Waals surface area contributed by atoms with E-state index in [1.165, 1.54) is 0 Å². The Morgan fingerprint density at radius 2 is 1.58 bits per heavy atom. The number of hydrogen-bond donors (Lipinski definition) is 0. The summed E-state index contributed by atoms with van der Waals surface area (Å²) in [7, 11) is 0. The van der Waals surface area contributed by atoms with Gasteiger partial charge in [-0.3, -0.25) is 0 Å². The van der Waals surface area contributed by atoms with Crippen LogP contribution in [0, 0.1) is 0 Å². The van der Waals surface area contributed by atoms with Crippen LogP contribution in [0.5, 0.6) is 0 Å². The molecule has 1 aromatic rings. The minimum atomic E-state index is -2.32. The SMILES string of the molecule is CC(C)(c1ccccc1)C(F)F. The summed E-state index contributed by atoms with van der Waals surface area (Å²) < 4.78 is 25.0. The maximum absolute atomic E-state index is 12.5. The summed E-state index contributed by atoms with van der Waals surface area (Å²) >= 11 is 0. The minimum absolute atomic E-state index is 0.681. The molecule has 0 fully saturated rings. The van der Waals surface area contributed by atoms with Gasteiger partial charge in [0.2, 0.25) is 6.43 Å². The first-order valence-corrected chi connectivity index (χ1v) is 3.89. The van der Waals surface area contributed by atoms with Crippen molar-refractivity contribution in [1.82, 2.24) is 0 Å². The van der Waals surface area contributed by atoms with Gasteiger partial charge in [0.05, 0.1) is 5.41 Å². The van der Waals surface area contributed by atoms with Crippen molar-refractivity contribution in [3.8, 4) is 0 Å². The molecule has 0 saturated carbocycles. The number of rotatable bonds is 2. The Morgan fingerprint density at radius 1 is 1.08 bits per heavy atom. The molecule has 0 aliphatic carbocycles. The fourth-order valence-electron chi connectivity index (χ4n) is 0.994. The highest BCUT2D eigenvalue weighted by atomic mass is 19.3. The van der Waals surface area contributed by atoms with E-state index >= 15 is 0 Å². The molecule has 66 valence electrons. The van der Waals surface area contributed by atoms with Crippen molar-refractivity contribution in [2.75, 3.05) is 0 Å². The summed E-state index contributed by atoms with van der Waals surface area (Å²) in [6, 6.07) is 8.84. The van der Waals surface area contributed by atoms with Crippen molar-refractivity contribution in [1.29, 1.82) is 0 Å². The molecule has 0 N–H and O–H groups in total. The molecule has 0 amide bonds. The second kappa shape index (κ2) is 3.21. The lowest BCUT2D eigenvalue weighted by Crippen LogP contribution is -2.26. The second-order valence-electron chi connectivity index (χ2n) is 3.39. The first kappa shape index (κ1) is 9.17. The molecule has 0 atom stereocenters. The molecule has 0 aliphatic heterocycles. The molecule has 0 heterocycles. The minimum Gasteiger partial charge on any atom is -0.210 e. The van der Waals surface area contributed by atoms with Gasteiger partial charge in [-0.05, 0) is 5.56 Å². The van der Waals surface area contributed by atoms with E-state index in [1.807, 2.05) is 6.07 Å². The van der Waals surface area contributed by atoms with Crippen LogP contribution in [0.15, 0.2) is 30.3 Å². The lowest BCUT2D eigenvalue weighted by atomic mass is 9.85. The van der Waals surface area contributed by atoms with E-state index in [0.29, 0.717) is 5.56 Å². The molecule has 0 unspecified atom stereocenters. The normalized spacial score (nSPS) is 12.1. The molecule has 0 aliphatic rings. The molecule has 1 aromatic carbocycles. The summed E-state index contributed by atoms with van der Waals surface area (Å²) in [5.74, 6) is 0. The summed E-state index contributed by atoms with van der Waals surface area (Å²) in [6.45, 7) is 3.10. The predicted octanol–water partition coefficient (Wildman–Crippen LogP) is 3.23. The first-order chi connectivity index (χ1) is 5.55. The van der Waals surface area contributed by atoms with Crippen molar-refractivity contribution < 1.29 is 8.78 Å². The quantitative estimate of drug-likeness (QED) is 0.639. The average molecular weight is 170 g/mol. The molecule has 0 aromatic heterocycles. The molecule has 0 nitrogen and oxygen atoms in total. The molecule has 2 heteroatoms. The third-order valence-corrected chi connectivity index (χ3v) is 2.06. The van der Waals surface area contributed by atoms with Gasteiger partial charge in [0.1, 0.15) is 0 Å². The fraction of sp³-hybridized carbons (Fsp3) is 0.400. The fourth-order valence-corrected chi connectivity index (χ4v) is 0.994. The molecule has 0 spiro atoms. The number of hydrogen-bond acceptors (Lipinski definition) is 0. The smallest absolute Gasteiger partial charge is 0.210 e. The Labute approximate surface area is 71.2 Å². The average Bonchev–Trinajstić information content (AvgIpc) is 2.06. The zero-order valence-electron chi connectivity index (χ0n) is 7.22. The van der Waals surface area contributed by atoms with Crippen LogP contribution in [-0.2, 0) is 5.41 Å². The molecular weight excluding hydrogens is 158 g/mol. The maximum Gasteiger partial charge on any atom is 0.247 e. The number of alkyl halides is 2. The molecule has 1 rings (SSSR count). The molecule has 0 radical (unpaired) electrons. The van der Waals surface area contributed by atoms with E-state index in [2.05, 4.69) is 0 Å². The topological polar surface area (TPSA) is 0 Å². The van der Waals surface area contributed by atoms with Crippen molar-refractivity contribution >= 4 is 0 Å². The molecular formula is C10H12F2. The Kier molecular flexibility index (Phi) is 2.46. The van der Waals surface area contributed by atoms with Gasteiger partial charge in [0, 0.05) is 0 Å². The first-order valence-electron chi connectivity index (χ1n) is 3.89. The van der Waals surface area contributed by atoms with E-state index < -0.39 is 11.8 Å². The van der Waals surface area contributed by atoms with Crippen LogP contribution in [0.3, 0.4) is 0 Å². The van der Waals surface area contributed by atoms with E-state index in [0.717, 1.165) is 0 Å². The third kappa shape index (κ3) is 1.63. The summed E-state index contributed by atoms with van der Waals surface area (Å²) in [5.41, 5.74) is -0.360. The predicted molar refractivity (Wildman–Crippen MR) is 45.5 cm³/mol. The van der Waals surface area contributed by atoms with Gasteiger partial charge in [-0.2, -0.15) is 0 Å². The van der Waals surface area contributed by atoms with Gasteiger partial charge in [-0.1, -0.05) is 44.2 Å². The van der Waals surface area contributed by atoms with Crippen molar-refractivity contribution in [3.63, 3.8) is 0 Å². The lowest BCUT2D eigenvalue weighted by molar-refractivity contribution is 0.0694. The third-order valence-electron chi connectivity index (χ3n) is 2.06. The highest BCUT2D eigenvalue weighted by molar-refractivity contribution is 5.24. The maximum atomic E-state index is 12.5.